The summed E-state index contributed by atoms with van der Waals surface area (Å²) in [5.74, 6) is -1.24. The first-order valence-corrected chi connectivity index (χ1v) is 4.41. The van der Waals surface area contributed by atoms with Gasteiger partial charge in [-0.1, -0.05) is 30.3 Å². The molecule has 0 radical (unpaired) electrons. The molecule has 0 bridgehead atoms. The molecule has 0 aliphatic heterocycles. The second kappa shape index (κ2) is 5.51. The van der Waals surface area contributed by atoms with Crippen LogP contribution in [0.3, 0.4) is 0 Å². The lowest BCUT2D eigenvalue weighted by Crippen LogP contribution is -2.35. The Hall–Kier alpha value is -1.35. The van der Waals surface area contributed by atoms with Crippen LogP contribution in [-0.2, 0) is 16.0 Å². The van der Waals surface area contributed by atoms with E-state index in [-0.39, 0.29) is 6.42 Å². The monoisotopic (exact) mass is 214 g/mol. The minimum absolute atomic E-state index is 0.0394. The van der Waals surface area contributed by atoms with E-state index in [0.717, 1.165) is 0 Å². The van der Waals surface area contributed by atoms with Crippen LogP contribution in [0.25, 0.3) is 0 Å². The molecule has 0 spiro atoms. The second-order valence-corrected chi connectivity index (χ2v) is 3.05. The van der Waals surface area contributed by atoms with E-state index in [1.807, 2.05) is 0 Å². The second-order valence-electron chi connectivity index (χ2n) is 3.05. The first-order valence-electron chi connectivity index (χ1n) is 7.91. The molecule has 82 valence electrons. The molecule has 0 saturated heterocycles. The van der Waals surface area contributed by atoms with Crippen LogP contribution < -0.4 is 5.73 Å². The minimum Gasteiger partial charge on any atom is -0.462 e. The third-order valence-corrected chi connectivity index (χ3v) is 1.80. The summed E-state index contributed by atoms with van der Waals surface area (Å²) < 4.78 is 55.1. The Balaban J connectivity index is 2.88. The van der Waals surface area contributed by atoms with E-state index in [1.165, 1.54) is 0 Å². The van der Waals surface area contributed by atoms with Crippen molar-refractivity contribution < 1.29 is 19.1 Å². The van der Waals surface area contributed by atoms with Crippen LogP contribution in [0.15, 0.2) is 30.3 Å². The van der Waals surface area contributed by atoms with Crippen molar-refractivity contribution in [1.82, 2.24) is 0 Å². The SMILES string of the molecule is [2H]C([2H])([2H])C([2H])(OC(=O)[C@@H](N)Cc1ccccc1)C([2H])([2H])[2H]. The Labute approximate surface area is 100 Å². The van der Waals surface area contributed by atoms with Crippen molar-refractivity contribution in [1.29, 1.82) is 0 Å². The van der Waals surface area contributed by atoms with Gasteiger partial charge in [-0.25, -0.2) is 0 Å². The number of ether oxygens (including phenoxy) is 1. The van der Waals surface area contributed by atoms with E-state index in [4.69, 9.17) is 15.3 Å². The molecule has 1 rings (SSSR count). The summed E-state index contributed by atoms with van der Waals surface area (Å²) >= 11 is 0. The predicted octanol–water partition coefficient (Wildman–Crippen LogP) is 1.51. The average Bonchev–Trinajstić information content (AvgIpc) is 2.37. The highest BCUT2D eigenvalue weighted by atomic mass is 16.5. The smallest absolute Gasteiger partial charge is 0.323 e. The van der Waals surface area contributed by atoms with Gasteiger partial charge in [0.15, 0.2) is 0 Å². The van der Waals surface area contributed by atoms with Crippen LogP contribution in [-0.4, -0.2) is 18.1 Å². The average molecular weight is 214 g/mol. The Morgan fingerprint density at radius 3 is 2.80 bits per heavy atom. The van der Waals surface area contributed by atoms with E-state index >= 15 is 0 Å². The highest BCUT2D eigenvalue weighted by Crippen LogP contribution is 2.03. The standard InChI is InChI=1S/C12H17NO2/c1-9(2)15-12(14)11(13)8-10-6-4-3-5-7-10/h3-7,9,11H,8,13H2,1-2H3/t11-/m0/s1/i1D3,2D3,9D. The molecule has 0 amide bonds. The van der Waals surface area contributed by atoms with Crippen molar-refractivity contribution in [2.75, 3.05) is 0 Å². The van der Waals surface area contributed by atoms with Crippen molar-refractivity contribution in [3.05, 3.63) is 35.9 Å². The molecule has 0 aliphatic carbocycles. The molecule has 0 heterocycles. The third kappa shape index (κ3) is 4.13. The molecule has 0 unspecified atom stereocenters. The van der Waals surface area contributed by atoms with Gasteiger partial charge in [-0.2, -0.15) is 0 Å². The van der Waals surface area contributed by atoms with Crippen molar-refractivity contribution in [2.24, 2.45) is 5.73 Å². The fraction of sp³-hybridized carbons (Fsp3) is 0.417. The molecule has 1 aromatic carbocycles. The quantitative estimate of drug-likeness (QED) is 0.773. The van der Waals surface area contributed by atoms with E-state index in [1.54, 1.807) is 30.3 Å². The molecule has 0 aliphatic rings. The number of nitrogens with two attached hydrogens (primary N) is 1. The molecule has 1 aromatic rings. The van der Waals surface area contributed by atoms with Crippen LogP contribution in [0.2, 0.25) is 0 Å². The number of esters is 1. The van der Waals surface area contributed by atoms with Gasteiger partial charge in [-0.15, -0.1) is 0 Å². The fourth-order valence-electron chi connectivity index (χ4n) is 1.13. The summed E-state index contributed by atoms with van der Waals surface area (Å²) in [7, 11) is 0. The lowest BCUT2D eigenvalue weighted by Gasteiger charge is -2.13. The molecular formula is C12H17NO2. The van der Waals surface area contributed by atoms with Crippen LogP contribution in [0, 0.1) is 0 Å². The number of rotatable bonds is 4. The largest absolute Gasteiger partial charge is 0.462 e. The van der Waals surface area contributed by atoms with E-state index < -0.39 is 31.8 Å². The Kier molecular flexibility index (Phi) is 1.88. The highest BCUT2D eigenvalue weighted by Gasteiger charge is 2.16. The Morgan fingerprint density at radius 2 is 2.20 bits per heavy atom. The van der Waals surface area contributed by atoms with Crippen molar-refractivity contribution in [3.8, 4) is 0 Å². The first-order chi connectivity index (χ1) is 9.88. The van der Waals surface area contributed by atoms with Crippen molar-refractivity contribution in [2.45, 2.75) is 32.2 Å². The van der Waals surface area contributed by atoms with Gasteiger partial charge in [0, 0.05) is 8.22 Å². The third-order valence-electron chi connectivity index (χ3n) is 1.80. The predicted molar refractivity (Wildman–Crippen MR) is 59.3 cm³/mol. The highest BCUT2D eigenvalue weighted by molar-refractivity contribution is 5.76. The van der Waals surface area contributed by atoms with E-state index in [0.29, 0.717) is 5.56 Å². The molecule has 0 fully saturated rings. The molecule has 2 N–H and O–H groups in total. The van der Waals surface area contributed by atoms with Gasteiger partial charge in [0.2, 0.25) is 0 Å². The first kappa shape index (κ1) is 5.12. The summed E-state index contributed by atoms with van der Waals surface area (Å²) in [5.41, 5.74) is 6.32. The van der Waals surface area contributed by atoms with Crippen LogP contribution >= 0.6 is 0 Å². The van der Waals surface area contributed by atoms with Gasteiger partial charge in [-0.3, -0.25) is 4.79 Å². The number of benzene rings is 1. The summed E-state index contributed by atoms with van der Waals surface area (Å²) in [4.78, 5) is 11.9. The van der Waals surface area contributed by atoms with Crippen LogP contribution in [0.1, 0.15) is 28.9 Å². The lowest BCUT2D eigenvalue weighted by molar-refractivity contribution is -0.148. The Bertz CT molecular complexity index is 498. The summed E-state index contributed by atoms with van der Waals surface area (Å²) in [5, 5.41) is 0. The number of carbonyl (C=O) groups excluding carboxylic acids is 1. The summed E-state index contributed by atoms with van der Waals surface area (Å²) in [6.07, 6.45) is -3.32. The van der Waals surface area contributed by atoms with Gasteiger partial charge >= 0.3 is 5.97 Å². The molecular weight excluding hydrogens is 190 g/mol. The minimum atomic E-state index is -3.36. The molecule has 15 heavy (non-hydrogen) atoms. The maximum Gasteiger partial charge on any atom is 0.323 e. The fourth-order valence-corrected chi connectivity index (χ4v) is 1.13. The maximum atomic E-state index is 11.9. The number of hydrogen-bond acceptors (Lipinski definition) is 3. The molecule has 0 saturated carbocycles. The molecule has 3 nitrogen and oxygen atoms in total. The van der Waals surface area contributed by atoms with Gasteiger partial charge in [-0.05, 0) is 25.7 Å². The summed E-state index contributed by atoms with van der Waals surface area (Å²) in [6, 6.07) is 7.37. The van der Waals surface area contributed by atoms with Gasteiger partial charge in [0.05, 0.1) is 7.45 Å². The molecule has 1 atom stereocenters. The van der Waals surface area contributed by atoms with Crippen LogP contribution in [0.5, 0.6) is 0 Å². The van der Waals surface area contributed by atoms with Crippen molar-refractivity contribution >= 4 is 5.97 Å². The van der Waals surface area contributed by atoms with Gasteiger partial charge < -0.3 is 10.5 Å². The van der Waals surface area contributed by atoms with Crippen LogP contribution in [0.4, 0.5) is 0 Å². The Morgan fingerprint density at radius 1 is 1.53 bits per heavy atom. The maximum absolute atomic E-state index is 11.9. The summed E-state index contributed by atoms with van der Waals surface area (Å²) in [6.45, 7) is -6.67. The topological polar surface area (TPSA) is 52.3 Å². The molecule has 3 heteroatoms. The number of carbonyl (C=O) groups is 1. The zero-order valence-corrected chi connectivity index (χ0v) is 8.07. The van der Waals surface area contributed by atoms with E-state index in [9.17, 15) is 4.79 Å². The normalized spacial score (nSPS) is 21.8. The zero-order valence-electron chi connectivity index (χ0n) is 15.1. The van der Waals surface area contributed by atoms with Gasteiger partial charge in [0.25, 0.3) is 0 Å². The van der Waals surface area contributed by atoms with Crippen molar-refractivity contribution in [3.63, 3.8) is 0 Å². The van der Waals surface area contributed by atoms with Gasteiger partial charge in [0.1, 0.15) is 6.04 Å². The molecule has 0 aromatic heterocycles. The lowest BCUT2D eigenvalue weighted by atomic mass is 10.1. The zero-order chi connectivity index (χ0) is 17.2. The van der Waals surface area contributed by atoms with E-state index in [2.05, 4.69) is 4.74 Å². The number of hydrogen-bond donors (Lipinski definition) is 1.